The molecule has 0 amide bonds. The summed E-state index contributed by atoms with van der Waals surface area (Å²) >= 11 is 1.18. The molecule has 0 aliphatic heterocycles. The summed E-state index contributed by atoms with van der Waals surface area (Å²) in [7, 11) is -0.588. The third kappa shape index (κ3) is 3.76. The van der Waals surface area contributed by atoms with Gasteiger partial charge in [-0.15, -0.1) is 0 Å². The Morgan fingerprint density at radius 3 is 2.56 bits per heavy atom. The molecule has 25 heavy (non-hydrogen) atoms. The van der Waals surface area contributed by atoms with Crippen LogP contribution in [0.4, 0.5) is 0 Å². The van der Waals surface area contributed by atoms with Crippen LogP contribution in [0.1, 0.15) is 10.4 Å². The van der Waals surface area contributed by atoms with Gasteiger partial charge in [0.1, 0.15) is 5.52 Å². The molecule has 3 aromatic rings. The van der Waals surface area contributed by atoms with Gasteiger partial charge in [-0.1, -0.05) is 42.1 Å². The number of hydrogen-bond donors (Lipinski definition) is 0. The highest BCUT2D eigenvalue weighted by molar-refractivity contribution is 7.99. The molecule has 0 N–H and O–H groups in total. The average Bonchev–Trinajstić information content (AvgIpc) is 3.02. The third-order valence-corrected chi connectivity index (χ3v) is 6.18. The molecule has 0 fully saturated rings. The number of Topliss-reactive ketones (excluding diaryl/α,β-unsaturated/α-hetero) is 1. The minimum absolute atomic E-state index is 0.0243. The lowest BCUT2D eigenvalue weighted by molar-refractivity contribution is 0.102. The van der Waals surface area contributed by atoms with Crippen LogP contribution in [0.2, 0.25) is 0 Å². The number of ketones is 1. The zero-order valence-corrected chi connectivity index (χ0v) is 15.3. The maximum Gasteiger partial charge on any atom is 0.257 e. The van der Waals surface area contributed by atoms with E-state index in [1.165, 1.54) is 38.0 Å². The number of hydrogen-bond acceptors (Lipinski definition) is 6. The lowest BCUT2D eigenvalue weighted by atomic mass is 10.2. The lowest BCUT2D eigenvalue weighted by Crippen LogP contribution is -2.22. The average molecular weight is 376 g/mol. The van der Waals surface area contributed by atoms with Crippen molar-refractivity contribution in [1.29, 1.82) is 0 Å². The van der Waals surface area contributed by atoms with E-state index < -0.39 is 10.0 Å². The molecule has 0 atom stereocenters. The molecular weight excluding hydrogens is 360 g/mol. The number of aromatic nitrogens is 1. The molecular formula is C17H16N2O4S2. The second-order valence-electron chi connectivity index (χ2n) is 5.47. The van der Waals surface area contributed by atoms with E-state index in [0.29, 0.717) is 21.9 Å². The van der Waals surface area contributed by atoms with Gasteiger partial charge in [-0.25, -0.2) is 17.7 Å². The number of carbonyl (C=O) groups excluding carboxylic acids is 1. The van der Waals surface area contributed by atoms with E-state index in [2.05, 4.69) is 4.98 Å². The molecule has 0 aliphatic rings. The molecule has 0 saturated carbocycles. The fourth-order valence-electron chi connectivity index (χ4n) is 2.15. The molecule has 2 aromatic carbocycles. The van der Waals surface area contributed by atoms with E-state index in [0.717, 1.165) is 4.31 Å². The van der Waals surface area contributed by atoms with Crippen LogP contribution >= 0.6 is 11.8 Å². The molecule has 8 heteroatoms. The standard InChI is InChI=1S/C17H16N2O4S2/c1-19(2)25(21,22)13-8-9-16-14(10-13)18-17(23-16)24-11-15(20)12-6-4-3-5-7-12/h3-10H,11H2,1-2H3. The van der Waals surface area contributed by atoms with Gasteiger partial charge in [-0.2, -0.15) is 0 Å². The summed E-state index contributed by atoms with van der Waals surface area (Å²) in [6.07, 6.45) is 0. The highest BCUT2D eigenvalue weighted by atomic mass is 32.2. The van der Waals surface area contributed by atoms with Gasteiger partial charge < -0.3 is 4.42 Å². The molecule has 0 saturated heterocycles. The first-order valence-corrected chi connectivity index (χ1v) is 9.84. The molecule has 1 heterocycles. The van der Waals surface area contributed by atoms with Crippen molar-refractivity contribution in [3.05, 3.63) is 54.1 Å². The lowest BCUT2D eigenvalue weighted by Gasteiger charge is -2.10. The highest BCUT2D eigenvalue weighted by Crippen LogP contribution is 2.26. The van der Waals surface area contributed by atoms with E-state index in [-0.39, 0.29) is 16.4 Å². The molecule has 0 unspecified atom stereocenters. The monoisotopic (exact) mass is 376 g/mol. The topological polar surface area (TPSA) is 80.5 Å². The Morgan fingerprint density at radius 2 is 1.88 bits per heavy atom. The maximum absolute atomic E-state index is 12.2. The summed E-state index contributed by atoms with van der Waals surface area (Å²) < 4.78 is 31.1. The number of oxazole rings is 1. The zero-order chi connectivity index (χ0) is 18.0. The summed E-state index contributed by atoms with van der Waals surface area (Å²) in [5.74, 6) is 0.170. The molecule has 130 valence electrons. The number of benzene rings is 2. The van der Waals surface area contributed by atoms with Crippen LogP contribution in [0.5, 0.6) is 0 Å². The van der Waals surface area contributed by atoms with Crippen molar-refractivity contribution >= 4 is 38.7 Å². The molecule has 3 rings (SSSR count). The van der Waals surface area contributed by atoms with Gasteiger partial charge in [-0.3, -0.25) is 4.79 Å². The Labute approximate surface area is 149 Å². The van der Waals surface area contributed by atoms with Gasteiger partial charge in [0, 0.05) is 19.7 Å². The van der Waals surface area contributed by atoms with Crippen molar-refractivity contribution in [2.24, 2.45) is 0 Å². The summed E-state index contributed by atoms with van der Waals surface area (Å²) in [5.41, 5.74) is 1.55. The minimum atomic E-state index is -3.53. The van der Waals surface area contributed by atoms with E-state index in [1.807, 2.05) is 18.2 Å². The van der Waals surface area contributed by atoms with Crippen molar-refractivity contribution in [3.8, 4) is 0 Å². The number of rotatable bonds is 6. The summed E-state index contributed by atoms with van der Waals surface area (Å²) in [6.45, 7) is 0. The van der Waals surface area contributed by atoms with Crippen LogP contribution in [0.25, 0.3) is 11.1 Å². The van der Waals surface area contributed by atoms with Gasteiger partial charge in [0.25, 0.3) is 5.22 Å². The van der Waals surface area contributed by atoms with E-state index in [9.17, 15) is 13.2 Å². The molecule has 6 nitrogen and oxygen atoms in total. The summed E-state index contributed by atoms with van der Waals surface area (Å²) in [4.78, 5) is 16.5. The normalized spacial score (nSPS) is 12.0. The van der Waals surface area contributed by atoms with Crippen molar-refractivity contribution < 1.29 is 17.6 Å². The predicted molar refractivity (Wildman–Crippen MR) is 96.4 cm³/mol. The van der Waals surface area contributed by atoms with Gasteiger partial charge in [0.2, 0.25) is 10.0 Å². The fraction of sp³-hybridized carbons (Fsp3) is 0.176. The van der Waals surface area contributed by atoms with Crippen LogP contribution < -0.4 is 0 Å². The van der Waals surface area contributed by atoms with Gasteiger partial charge in [0.05, 0.1) is 10.6 Å². The molecule has 0 spiro atoms. The Balaban J connectivity index is 1.79. The minimum Gasteiger partial charge on any atom is -0.431 e. The van der Waals surface area contributed by atoms with Crippen LogP contribution in [0.3, 0.4) is 0 Å². The van der Waals surface area contributed by atoms with Crippen molar-refractivity contribution in [3.63, 3.8) is 0 Å². The van der Waals surface area contributed by atoms with Crippen molar-refractivity contribution in [1.82, 2.24) is 9.29 Å². The number of fused-ring (bicyclic) bond motifs is 1. The number of thioether (sulfide) groups is 1. The van der Waals surface area contributed by atoms with Crippen molar-refractivity contribution in [2.45, 2.75) is 10.1 Å². The molecule has 0 radical (unpaired) electrons. The zero-order valence-electron chi connectivity index (χ0n) is 13.7. The first kappa shape index (κ1) is 17.7. The van der Waals surface area contributed by atoms with E-state index >= 15 is 0 Å². The van der Waals surface area contributed by atoms with Crippen LogP contribution in [-0.2, 0) is 10.0 Å². The first-order valence-electron chi connectivity index (χ1n) is 7.42. The Morgan fingerprint density at radius 1 is 1.16 bits per heavy atom. The summed E-state index contributed by atoms with van der Waals surface area (Å²) in [5, 5.41) is 0.332. The largest absolute Gasteiger partial charge is 0.431 e. The third-order valence-electron chi connectivity index (χ3n) is 3.54. The molecule has 0 bridgehead atoms. The number of carbonyl (C=O) groups is 1. The fourth-order valence-corrected chi connectivity index (χ4v) is 3.81. The molecule has 1 aromatic heterocycles. The van der Waals surface area contributed by atoms with Gasteiger partial charge in [-0.05, 0) is 18.2 Å². The SMILES string of the molecule is CN(C)S(=O)(=O)c1ccc2oc(SCC(=O)c3ccccc3)nc2c1. The number of sulfonamides is 1. The van der Waals surface area contributed by atoms with Crippen LogP contribution in [0, 0.1) is 0 Å². The smallest absolute Gasteiger partial charge is 0.257 e. The Bertz CT molecular complexity index is 1010. The van der Waals surface area contributed by atoms with E-state index in [1.54, 1.807) is 18.2 Å². The van der Waals surface area contributed by atoms with Crippen molar-refractivity contribution in [2.75, 3.05) is 19.8 Å². The highest BCUT2D eigenvalue weighted by Gasteiger charge is 2.19. The van der Waals surface area contributed by atoms with Gasteiger partial charge >= 0.3 is 0 Å². The second-order valence-corrected chi connectivity index (χ2v) is 8.55. The predicted octanol–water partition coefficient (Wildman–Crippen LogP) is 3.05. The Kier molecular flexibility index (Phi) is 4.94. The molecule has 0 aliphatic carbocycles. The quantitative estimate of drug-likeness (QED) is 0.486. The Hall–Kier alpha value is -2.16. The summed E-state index contributed by atoms with van der Waals surface area (Å²) in [6, 6.07) is 13.5. The second kappa shape index (κ2) is 6.99. The first-order chi connectivity index (χ1) is 11.9. The number of nitrogens with zero attached hydrogens (tertiary/aromatic N) is 2. The van der Waals surface area contributed by atoms with E-state index in [4.69, 9.17) is 4.42 Å². The van der Waals surface area contributed by atoms with Crippen LogP contribution in [0.15, 0.2) is 63.1 Å². The van der Waals surface area contributed by atoms with Crippen LogP contribution in [-0.4, -0.2) is 43.3 Å². The maximum atomic E-state index is 12.2. The van der Waals surface area contributed by atoms with Gasteiger partial charge in [0.15, 0.2) is 11.4 Å².